The van der Waals surface area contributed by atoms with Crippen LogP contribution in [0, 0.1) is 0 Å². The smallest absolute Gasteiger partial charge is 0.544 e. The van der Waals surface area contributed by atoms with E-state index in [1.807, 2.05) is 0 Å². The van der Waals surface area contributed by atoms with Gasteiger partial charge in [0.2, 0.25) is 5.79 Å². The minimum Gasteiger partial charge on any atom is -0.544 e. The zero-order valence-corrected chi connectivity index (χ0v) is 14.0. The number of carboxylic acid groups (broad SMARTS) is 1. The molecule has 1 aliphatic rings. The molecule has 0 amide bonds. The summed E-state index contributed by atoms with van der Waals surface area (Å²) < 4.78 is 10.2. The van der Waals surface area contributed by atoms with Gasteiger partial charge in [-0.05, 0) is 5.53 Å². The number of hydrogen-bond donors (Lipinski definition) is 3. The van der Waals surface area contributed by atoms with Crippen LogP contribution in [0.5, 0.6) is 0 Å². The number of carboxylic acids is 1. The molecule has 0 bridgehead atoms. The van der Waals surface area contributed by atoms with E-state index in [2.05, 4.69) is 16.6 Å². The van der Waals surface area contributed by atoms with Gasteiger partial charge >= 0.3 is 29.6 Å². The Morgan fingerprint density at radius 1 is 1.68 bits per heavy atom. The number of carbonyl (C=O) groups excluding carboxylic acids is 1. The molecule has 1 aliphatic heterocycles. The predicted molar refractivity (Wildman–Crippen MR) is 65.4 cm³/mol. The molecule has 10 nitrogen and oxygen atoms in total. The van der Waals surface area contributed by atoms with Crippen LogP contribution in [-0.2, 0) is 14.3 Å². The van der Waals surface area contributed by atoms with Gasteiger partial charge in [0.25, 0.3) is 0 Å². The van der Waals surface area contributed by atoms with E-state index in [4.69, 9.17) is 20.1 Å². The number of aliphatic hydroxyl groups is 3. The fourth-order valence-corrected chi connectivity index (χ4v) is 2.01. The summed E-state index contributed by atoms with van der Waals surface area (Å²) in [5.74, 6) is -4.10. The number of ether oxygens (including phenoxy) is 2. The van der Waals surface area contributed by atoms with Gasteiger partial charge < -0.3 is 34.7 Å². The topological polar surface area (TPSA) is 168 Å². The monoisotopic (exact) mass is 325 g/mol. The number of aliphatic carboxylic acids is 1. The van der Waals surface area contributed by atoms with Crippen LogP contribution in [0.3, 0.4) is 0 Å². The number of carbonyl (C=O) groups is 1. The Bertz CT molecular complexity index is 445. The molecule has 0 radical (unpaired) electrons. The first-order chi connectivity index (χ1) is 9.91. The van der Waals surface area contributed by atoms with Crippen molar-refractivity contribution >= 4 is 5.97 Å². The molecular formula is C11H16N3NaO7. The standard InChI is InChI=1S/C11H17N3O7.Na/c1-2-3-20-11(10(18)19)4-7(16)8(17)9(21-11)6(5-15)13-14-12;/h2,6-9,15-17H,1,3-5H2,(H,18,19);/q;+1/p-1/t6-,7+,8+,9+,11+;/m0./s1. The minimum atomic E-state index is -2.34. The fraction of sp³-hybridized carbons (Fsp3) is 0.727. The van der Waals surface area contributed by atoms with Gasteiger partial charge in [-0.3, -0.25) is 0 Å². The summed E-state index contributed by atoms with van der Waals surface area (Å²) in [6.07, 6.45) is -3.90. The van der Waals surface area contributed by atoms with Crippen molar-refractivity contribution in [3.05, 3.63) is 23.1 Å². The summed E-state index contributed by atoms with van der Waals surface area (Å²) in [4.78, 5) is 13.8. The molecule has 0 unspecified atom stereocenters. The minimum absolute atomic E-state index is 0. The van der Waals surface area contributed by atoms with E-state index in [-0.39, 0.29) is 36.2 Å². The van der Waals surface area contributed by atoms with E-state index >= 15 is 0 Å². The Morgan fingerprint density at radius 3 is 2.77 bits per heavy atom. The van der Waals surface area contributed by atoms with Crippen LogP contribution in [0.4, 0.5) is 0 Å². The molecule has 1 fully saturated rings. The van der Waals surface area contributed by atoms with E-state index in [9.17, 15) is 20.1 Å². The summed E-state index contributed by atoms with van der Waals surface area (Å²) in [5.41, 5.74) is 8.41. The zero-order valence-electron chi connectivity index (χ0n) is 12.0. The molecule has 0 saturated carbocycles. The molecule has 0 aliphatic carbocycles. The maximum Gasteiger partial charge on any atom is 1.00 e. The van der Waals surface area contributed by atoms with Gasteiger partial charge in [0.05, 0.1) is 25.4 Å². The van der Waals surface area contributed by atoms with Gasteiger partial charge in [0.15, 0.2) is 0 Å². The third kappa shape index (κ3) is 4.66. The first-order valence-electron chi connectivity index (χ1n) is 6.07. The molecule has 11 heteroatoms. The molecule has 1 heterocycles. The second-order valence-corrected chi connectivity index (χ2v) is 4.44. The normalized spacial score (nSPS) is 32.2. The fourth-order valence-electron chi connectivity index (χ4n) is 2.01. The molecule has 3 N–H and O–H groups in total. The van der Waals surface area contributed by atoms with Crippen LogP contribution >= 0.6 is 0 Å². The molecule has 0 spiro atoms. The Morgan fingerprint density at radius 2 is 2.32 bits per heavy atom. The van der Waals surface area contributed by atoms with Crippen molar-refractivity contribution in [2.45, 2.75) is 36.6 Å². The number of nitrogens with zero attached hydrogens (tertiary/aromatic N) is 3. The molecule has 5 atom stereocenters. The van der Waals surface area contributed by atoms with Gasteiger partial charge in [0.1, 0.15) is 18.2 Å². The van der Waals surface area contributed by atoms with E-state index in [0.717, 1.165) is 0 Å². The van der Waals surface area contributed by atoms with E-state index < -0.39 is 49.1 Å². The Labute approximate surface area is 148 Å². The second kappa shape index (κ2) is 9.46. The maximum atomic E-state index is 11.3. The summed E-state index contributed by atoms with van der Waals surface area (Å²) in [6.45, 7) is 2.42. The number of aliphatic hydroxyl groups excluding tert-OH is 3. The van der Waals surface area contributed by atoms with Crippen LogP contribution in [-0.4, -0.2) is 64.6 Å². The van der Waals surface area contributed by atoms with Crippen LogP contribution in [0.15, 0.2) is 17.8 Å². The zero-order chi connectivity index (χ0) is 16.0. The Hall–Kier alpha value is -0.680. The summed E-state index contributed by atoms with van der Waals surface area (Å²) in [6, 6.07) is -1.30. The van der Waals surface area contributed by atoms with Gasteiger partial charge in [-0.2, -0.15) is 0 Å². The van der Waals surface area contributed by atoms with Crippen molar-refractivity contribution in [3.8, 4) is 0 Å². The summed E-state index contributed by atoms with van der Waals surface area (Å²) in [7, 11) is 0. The van der Waals surface area contributed by atoms with E-state index in [1.54, 1.807) is 0 Å². The van der Waals surface area contributed by atoms with Crippen molar-refractivity contribution in [1.29, 1.82) is 0 Å². The van der Waals surface area contributed by atoms with Gasteiger partial charge in [-0.25, -0.2) is 0 Å². The van der Waals surface area contributed by atoms with Gasteiger partial charge in [-0.1, -0.05) is 11.2 Å². The molecule has 118 valence electrons. The average molecular weight is 325 g/mol. The molecule has 22 heavy (non-hydrogen) atoms. The van der Waals surface area contributed by atoms with Gasteiger partial charge in [0, 0.05) is 11.3 Å². The summed E-state index contributed by atoms with van der Waals surface area (Å²) >= 11 is 0. The molecule has 0 aromatic heterocycles. The van der Waals surface area contributed by atoms with Crippen LogP contribution in [0.1, 0.15) is 6.42 Å². The van der Waals surface area contributed by atoms with Crippen molar-refractivity contribution in [1.82, 2.24) is 0 Å². The Kier molecular flexibility index (Phi) is 9.16. The SMILES string of the molecule is C=CCO[C@]1(C(=O)[O-])C[C@@H](O)[C@@H](O)[C@@H]([C@H](CO)N=[N+]=[N-])O1.[Na+]. The van der Waals surface area contributed by atoms with E-state index in [1.165, 1.54) is 6.08 Å². The molecule has 0 aromatic carbocycles. The van der Waals surface area contributed by atoms with Gasteiger partial charge in [-0.15, -0.1) is 6.58 Å². The Balaban J connectivity index is 0.00000441. The van der Waals surface area contributed by atoms with Crippen molar-refractivity contribution < 1.29 is 64.3 Å². The quantitative estimate of drug-likeness (QED) is 0.138. The molecule has 1 rings (SSSR count). The molecule has 1 saturated heterocycles. The van der Waals surface area contributed by atoms with Crippen LogP contribution in [0.25, 0.3) is 10.4 Å². The number of rotatable bonds is 7. The molecular weight excluding hydrogens is 309 g/mol. The third-order valence-electron chi connectivity index (χ3n) is 3.05. The van der Waals surface area contributed by atoms with E-state index in [0.29, 0.717) is 0 Å². The third-order valence-corrected chi connectivity index (χ3v) is 3.05. The van der Waals surface area contributed by atoms with Crippen LogP contribution in [0.2, 0.25) is 0 Å². The largest absolute Gasteiger partial charge is 1.00 e. The number of azide groups is 1. The van der Waals surface area contributed by atoms with Crippen molar-refractivity contribution in [3.63, 3.8) is 0 Å². The average Bonchev–Trinajstić information content (AvgIpc) is 2.46. The predicted octanol–water partition coefficient (Wildman–Crippen LogP) is -5.18. The molecule has 0 aromatic rings. The second-order valence-electron chi connectivity index (χ2n) is 4.44. The number of hydrogen-bond acceptors (Lipinski definition) is 8. The first kappa shape index (κ1) is 21.3. The maximum absolute atomic E-state index is 11.3. The van der Waals surface area contributed by atoms with Crippen molar-refractivity contribution in [2.24, 2.45) is 5.11 Å². The summed E-state index contributed by atoms with van der Waals surface area (Å²) in [5, 5.41) is 43.3. The van der Waals surface area contributed by atoms with Crippen molar-refractivity contribution in [2.75, 3.05) is 13.2 Å². The first-order valence-corrected chi connectivity index (χ1v) is 6.07. The van der Waals surface area contributed by atoms with Crippen LogP contribution < -0.4 is 34.7 Å².